The van der Waals surface area contributed by atoms with Gasteiger partial charge in [-0.15, -0.1) is 0 Å². The molecule has 1 aromatic carbocycles. The van der Waals surface area contributed by atoms with E-state index in [0.717, 1.165) is 36.6 Å². The van der Waals surface area contributed by atoms with Crippen molar-refractivity contribution in [1.82, 2.24) is 14.9 Å². The lowest BCUT2D eigenvalue weighted by Crippen LogP contribution is -2.37. The second kappa shape index (κ2) is 4.37. The zero-order chi connectivity index (χ0) is 11.7. The minimum atomic E-state index is 0.249. The van der Waals surface area contributed by atoms with Crippen molar-refractivity contribution in [2.75, 3.05) is 13.1 Å². The van der Waals surface area contributed by atoms with Crippen LogP contribution < -0.4 is 10.1 Å². The Hall–Kier alpha value is -1.55. The van der Waals surface area contributed by atoms with Crippen molar-refractivity contribution in [2.24, 2.45) is 7.05 Å². The fourth-order valence-corrected chi connectivity index (χ4v) is 2.30. The van der Waals surface area contributed by atoms with Gasteiger partial charge in [0.2, 0.25) is 0 Å². The highest BCUT2D eigenvalue weighted by Crippen LogP contribution is 2.21. The summed E-state index contributed by atoms with van der Waals surface area (Å²) in [6, 6.07) is 8.83. The van der Waals surface area contributed by atoms with Crippen LogP contribution in [0.1, 0.15) is 12.8 Å². The monoisotopic (exact) mass is 231 g/mol. The lowest BCUT2D eigenvalue weighted by atomic mass is 10.1. The van der Waals surface area contributed by atoms with Crippen LogP contribution in [0.15, 0.2) is 24.3 Å². The third kappa shape index (κ3) is 2.00. The molecule has 0 amide bonds. The largest absolute Gasteiger partial charge is 0.460 e. The first-order valence-corrected chi connectivity index (χ1v) is 6.13. The summed E-state index contributed by atoms with van der Waals surface area (Å²) in [4.78, 5) is 4.52. The topological polar surface area (TPSA) is 39.1 Å². The maximum atomic E-state index is 5.96. The molecular weight excluding hydrogens is 214 g/mol. The number of para-hydroxylation sites is 2. The lowest BCUT2D eigenvalue weighted by molar-refractivity contribution is 0.149. The van der Waals surface area contributed by atoms with E-state index in [-0.39, 0.29) is 6.10 Å². The zero-order valence-corrected chi connectivity index (χ0v) is 10.0. The van der Waals surface area contributed by atoms with Gasteiger partial charge in [0, 0.05) is 13.6 Å². The molecule has 0 bridgehead atoms. The molecule has 0 aliphatic carbocycles. The summed E-state index contributed by atoms with van der Waals surface area (Å²) < 4.78 is 7.98. The minimum Gasteiger partial charge on any atom is -0.460 e. The number of nitrogens with one attached hydrogen (secondary N) is 1. The Morgan fingerprint density at radius 1 is 1.41 bits per heavy atom. The van der Waals surface area contributed by atoms with Crippen molar-refractivity contribution in [3.8, 4) is 6.01 Å². The number of piperidine rings is 1. The molecule has 0 unspecified atom stereocenters. The Labute approximate surface area is 101 Å². The maximum Gasteiger partial charge on any atom is 0.297 e. The Bertz CT molecular complexity index is 514. The second-order valence-corrected chi connectivity index (χ2v) is 4.53. The SMILES string of the molecule is Cn1c(O[C@@H]2CCCNC2)nc2ccccc21. The summed E-state index contributed by atoms with van der Waals surface area (Å²) in [7, 11) is 2.00. The zero-order valence-electron chi connectivity index (χ0n) is 10.0. The number of benzene rings is 1. The fraction of sp³-hybridized carbons (Fsp3) is 0.462. The van der Waals surface area contributed by atoms with Gasteiger partial charge >= 0.3 is 0 Å². The summed E-state index contributed by atoms with van der Waals surface area (Å²) in [5, 5.41) is 3.35. The maximum absolute atomic E-state index is 5.96. The van der Waals surface area contributed by atoms with Gasteiger partial charge in [0.15, 0.2) is 0 Å². The number of fused-ring (bicyclic) bond motifs is 1. The molecule has 90 valence electrons. The van der Waals surface area contributed by atoms with Crippen molar-refractivity contribution >= 4 is 11.0 Å². The van der Waals surface area contributed by atoms with Gasteiger partial charge in [-0.25, -0.2) is 0 Å². The third-order valence-corrected chi connectivity index (χ3v) is 3.27. The predicted octanol–water partition coefficient (Wildman–Crippen LogP) is 1.70. The molecule has 3 rings (SSSR count). The highest BCUT2D eigenvalue weighted by Gasteiger charge is 2.17. The molecule has 2 aromatic rings. The van der Waals surface area contributed by atoms with E-state index >= 15 is 0 Å². The molecule has 17 heavy (non-hydrogen) atoms. The molecule has 0 spiro atoms. The van der Waals surface area contributed by atoms with Gasteiger partial charge in [0.05, 0.1) is 11.0 Å². The third-order valence-electron chi connectivity index (χ3n) is 3.27. The fourth-order valence-electron chi connectivity index (χ4n) is 2.30. The Kier molecular flexibility index (Phi) is 2.73. The van der Waals surface area contributed by atoms with E-state index in [4.69, 9.17) is 4.74 Å². The molecule has 1 aliphatic heterocycles. The predicted molar refractivity (Wildman–Crippen MR) is 67.2 cm³/mol. The number of hydrogen-bond acceptors (Lipinski definition) is 3. The summed E-state index contributed by atoms with van der Waals surface area (Å²) in [6.45, 7) is 2.02. The average molecular weight is 231 g/mol. The molecule has 1 saturated heterocycles. The number of imidazole rings is 1. The van der Waals surface area contributed by atoms with Crippen molar-refractivity contribution in [1.29, 1.82) is 0 Å². The lowest BCUT2D eigenvalue weighted by Gasteiger charge is -2.23. The molecule has 1 N–H and O–H groups in total. The number of aryl methyl sites for hydroxylation is 1. The quantitative estimate of drug-likeness (QED) is 0.855. The van der Waals surface area contributed by atoms with E-state index in [0.29, 0.717) is 0 Å². The van der Waals surface area contributed by atoms with Crippen LogP contribution in [0.25, 0.3) is 11.0 Å². The van der Waals surface area contributed by atoms with E-state index < -0.39 is 0 Å². The molecule has 1 aromatic heterocycles. The first kappa shape index (κ1) is 10.6. The van der Waals surface area contributed by atoms with E-state index in [1.54, 1.807) is 0 Å². The molecule has 1 fully saturated rings. The standard InChI is InChI=1S/C13H17N3O/c1-16-12-7-3-2-6-11(12)15-13(16)17-10-5-4-8-14-9-10/h2-3,6-7,10,14H,4-5,8-9H2,1H3/t10-/m1/s1. The highest BCUT2D eigenvalue weighted by atomic mass is 16.5. The first-order chi connectivity index (χ1) is 8.34. The number of ether oxygens (including phenoxy) is 1. The molecule has 0 saturated carbocycles. The number of nitrogens with zero attached hydrogens (tertiary/aromatic N) is 2. The molecular formula is C13H17N3O. The smallest absolute Gasteiger partial charge is 0.297 e. The van der Waals surface area contributed by atoms with E-state index in [9.17, 15) is 0 Å². The Morgan fingerprint density at radius 3 is 3.06 bits per heavy atom. The van der Waals surface area contributed by atoms with E-state index in [1.807, 2.05) is 29.8 Å². The molecule has 4 heteroatoms. The molecule has 4 nitrogen and oxygen atoms in total. The molecule has 0 radical (unpaired) electrons. The normalized spacial score (nSPS) is 20.6. The van der Waals surface area contributed by atoms with Gasteiger partial charge in [0.25, 0.3) is 6.01 Å². The minimum absolute atomic E-state index is 0.249. The van der Waals surface area contributed by atoms with Gasteiger partial charge in [-0.3, -0.25) is 4.57 Å². The number of rotatable bonds is 2. The van der Waals surface area contributed by atoms with Crippen molar-refractivity contribution in [2.45, 2.75) is 18.9 Å². The van der Waals surface area contributed by atoms with Crippen LogP contribution >= 0.6 is 0 Å². The second-order valence-electron chi connectivity index (χ2n) is 4.53. The van der Waals surface area contributed by atoms with Crippen LogP contribution in [0.5, 0.6) is 6.01 Å². The van der Waals surface area contributed by atoms with Crippen LogP contribution in [0.2, 0.25) is 0 Å². The average Bonchev–Trinajstić information content (AvgIpc) is 2.68. The van der Waals surface area contributed by atoms with Gasteiger partial charge in [-0.1, -0.05) is 12.1 Å². The van der Waals surface area contributed by atoms with E-state index in [2.05, 4.69) is 16.4 Å². The summed E-state index contributed by atoms with van der Waals surface area (Å²) in [5.41, 5.74) is 2.11. The molecule has 1 aliphatic rings. The summed E-state index contributed by atoms with van der Waals surface area (Å²) >= 11 is 0. The van der Waals surface area contributed by atoms with Gasteiger partial charge in [-0.2, -0.15) is 4.98 Å². The van der Waals surface area contributed by atoms with E-state index in [1.165, 1.54) is 6.42 Å². The van der Waals surface area contributed by atoms with Crippen LogP contribution in [-0.4, -0.2) is 28.7 Å². The van der Waals surface area contributed by atoms with Crippen molar-refractivity contribution in [3.63, 3.8) is 0 Å². The summed E-state index contributed by atoms with van der Waals surface area (Å²) in [6.07, 6.45) is 2.53. The molecule has 1 atom stereocenters. The summed E-state index contributed by atoms with van der Waals surface area (Å²) in [5.74, 6) is 0. The van der Waals surface area contributed by atoms with Crippen LogP contribution in [-0.2, 0) is 7.05 Å². The van der Waals surface area contributed by atoms with Gasteiger partial charge < -0.3 is 10.1 Å². The van der Waals surface area contributed by atoms with Crippen LogP contribution in [0, 0.1) is 0 Å². The Morgan fingerprint density at radius 2 is 2.29 bits per heavy atom. The molecule has 2 heterocycles. The number of aromatic nitrogens is 2. The highest BCUT2D eigenvalue weighted by molar-refractivity contribution is 5.76. The van der Waals surface area contributed by atoms with Crippen molar-refractivity contribution < 1.29 is 4.74 Å². The van der Waals surface area contributed by atoms with Crippen LogP contribution in [0.3, 0.4) is 0 Å². The first-order valence-electron chi connectivity index (χ1n) is 6.13. The number of hydrogen-bond donors (Lipinski definition) is 1. The van der Waals surface area contributed by atoms with Crippen LogP contribution in [0.4, 0.5) is 0 Å². The van der Waals surface area contributed by atoms with Gasteiger partial charge in [-0.05, 0) is 31.5 Å². The Balaban J connectivity index is 1.87. The van der Waals surface area contributed by atoms with Crippen molar-refractivity contribution in [3.05, 3.63) is 24.3 Å². The van der Waals surface area contributed by atoms with Gasteiger partial charge in [0.1, 0.15) is 6.10 Å².